The van der Waals surface area contributed by atoms with E-state index in [2.05, 4.69) is 12.1 Å². The molecule has 2 aromatic rings. The zero-order valence-corrected chi connectivity index (χ0v) is 13.3. The third-order valence-corrected chi connectivity index (χ3v) is 4.13. The smallest absolute Gasteiger partial charge is 0.137 e. The van der Waals surface area contributed by atoms with Crippen molar-refractivity contribution in [1.29, 1.82) is 0 Å². The fourth-order valence-corrected chi connectivity index (χ4v) is 2.82. The zero-order valence-electron chi connectivity index (χ0n) is 13.3. The molecule has 0 radical (unpaired) electrons. The predicted molar refractivity (Wildman–Crippen MR) is 89.8 cm³/mol. The molecular formula is C19H24NO3+. The van der Waals surface area contributed by atoms with E-state index in [1.165, 1.54) is 10.5 Å². The van der Waals surface area contributed by atoms with Crippen LogP contribution in [0.5, 0.6) is 5.75 Å². The quantitative estimate of drug-likeness (QED) is 0.836. The number of hydrogen-bond donors (Lipinski definition) is 2. The van der Waals surface area contributed by atoms with Gasteiger partial charge in [-0.2, -0.15) is 0 Å². The van der Waals surface area contributed by atoms with E-state index in [9.17, 15) is 5.11 Å². The molecule has 1 fully saturated rings. The third kappa shape index (κ3) is 4.79. The van der Waals surface area contributed by atoms with Gasteiger partial charge in [0.15, 0.2) is 0 Å². The lowest BCUT2D eigenvalue weighted by atomic mass is 10.1. The molecule has 3 rings (SSSR count). The second kappa shape index (κ2) is 8.11. The maximum atomic E-state index is 10.1. The number of hydrogen-bond acceptors (Lipinski definition) is 3. The minimum Gasteiger partial charge on any atom is -0.491 e. The maximum absolute atomic E-state index is 10.1. The first-order valence-corrected chi connectivity index (χ1v) is 8.19. The average Bonchev–Trinajstić information content (AvgIpc) is 2.62. The topological polar surface area (TPSA) is 43.1 Å². The van der Waals surface area contributed by atoms with E-state index >= 15 is 0 Å². The van der Waals surface area contributed by atoms with Crippen molar-refractivity contribution >= 4 is 0 Å². The van der Waals surface area contributed by atoms with E-state index in [0.717, 1.165) is 37.6 Å². The fourth-order valence-electron chi connectivity index (χ4n) is 2.82. The second-order valence-corrected chi connectivity index (χ2v) is 5.92. The Labute approximate surface area is 137 Å². The van der Waals surface area contributed by atoms with Crippen molar-refractivity contribution in [2.45, 2.75) is 6.10 Å². The molecule has 0 spiro atoms. The Kier molecular flexibility index (Phi) is 5.64. The highest BCUT2D eigenvalue weighted by Crippen LogP contribution is 2.22. The molecule has 0 aromatic heterocycles. The van der Waals surface area contributed by atoms with Gasteiger partial charge >= 0.3 is 0 Å². The van der Waals surface area contributed by atoms with Crippen LogP contribution in [0.3, 0.4) is 0 Å². The zero-order chi connectivity index (χ0) is 15.9. The van der Waals surface area contributed by atoms with E-state index in [1.54, 1.807) is 0 Å². The van der Waals surface area contributed by atoms with Gasteiger partial charge < -0.3 is 19.5 Å². The molecule has 0 amide bonds. The van der Waals surface area contributed by atoms with Crippen LogP contribution < -0.4 is 9.64 Å². The van der Waals surface area contributed by atoms with Gasteiger partial charge in [0.1, 0.15) is 38.1 Å². The van der Waals surface area contributed by atoms with E-state index < -0.39 is 6.10 Å². The van der Waals surface area contributed by atoms with Crippen molar-refractivity contribution in [3.63, 3.8) is 0 Å². The summed E-state index contributed by atoms with van der Waals surface area (Å²) in [4.78, 5) is 1.38. The normalized spacial score (nSPS) is 16.9. The van der Waals surface area contributed by atoms with Crippen molar-refractivity contribution in [1.82, 2.24) is 0 Å². The van der Waals surface area contributed by atoms with Gasteiger partial charge in [0.05, 0.1) is 13.2 Å². The Hall–Kier alpha value is -1.88. The number of aliphatic hydroxyl groups is 1. The van der Waals surface area contributed by atoms with Crippen LogP contribution in [-0.4, -0.2) is 50.7 Å². The van der Waals surface area contributed by atoms with Gasteiger partial charge in [-0.1, -0.05) is 42.5 Å². The van der Waals surface area contributed by atoms with Gasteiger partial charge in [0, 0.05) is 0 Å². The second-order valence-electron chi connectivity index (χ2n) is 5.92. The molecule has 4 heteroatoms. The van der Waals surface area contributed by atoms with Crippen molar-refractivity contribution < 1.29 is 19.5 Å². The summed E-state index contributed by atoms with van der Waals surface area (Å²) in [6, 6.07) is 18.3. The van der Waals surface area contributed by atoms with Crippen LogP contribution in [0.25, 0.3) is 11.1 Å². The van der Waals surface area contributed by atoms with Crippen LogP contribution in [0.2, 0.25) is 0 Å². The van der Waals surface area contributed by atoms with E-state index in [0.29, 0.717) is 13.2 Å². The number of aliphatic hydroxyl groups excluding tert-OH is 1. The van der Waals surface area contributed by atoms with Gasteiger partial charge in [-0.15, -0.1) is 0 Å². The van der Waals surface area contributed by atoms with Gasteiger partial charge in [0.25, 0.3) is 0 Å². The number of ether oxygens (including phenoxy) is 2. The predicted octanol–water partition coefficient (Wildman–Crippen LogP) is 1.01. The Morgan fingerprint density at radius 2 is 1.61 bits per heavy atom. The van der Waals surface area contributed by atoms with E-state index in [1.807, 2.05) is 42.5 Å². The molecule has 2 aromatic carbocycles. The lowest BCUT2D eigenvalue weighted by Gasteiger charge is -2.25. The summed E-state index contributed by atoms with van der Waals surface area (Å²) < 4.78 is 11.0. The Bertz CT molecular complexity index is 579. The SMILES string of the molecule is O[C@H](COc1ccc(-c2ccccc2)cc1)C[NH+]1CCOCC1. The van der Waals surface area contributed by atoms with Crippen LogP contribution >= 0.6 is 0 Å². The summed E-state index contributed by atoms with van der Waals surface area (Å²) in [5.74, 6) is 0.792. The van der Waals surface area contributed by atoms with Gasteiger partial charge in [-0.3, -0.25) is 0 Å². The molecule has 1 saturated heterocycles. The first kappa shape index (κ1) is 16.0. The first-order valence-electron chi connectivity index (χ1n) is 8.19. The largest absolute Gasteiger partial charge is 0.491 e. The number of quaternary nitrogens is 1. The third-order valence-electron chi connectivity index (χ3n) is 4.13. The summed E-state index contributed by atoms with van der Waals surface area (Å²) in [7, 11) is 0. The summed E-state index contributed by atoms with van der Waals surface area (Å²) in [5.41, 5.74) is 2.35. The van der Waals surface area contributed by atoms with Gasteiger partial charge in [-0.25, -0.2) is 0 Å². The van der Waals surface area contributed by atoms with Gasteiger partial charge in [-0.05, 0) is 23.3 Å². The Morgan fingerprint density at radius 3 is 2.30 bits per heavy atom. The molecule has 1 atom stereocenters. The lowest BCUT2D eigenvalue weighted by molar-refractivity contribution is -0.911. The lowest BCUT2D eigenvalue weighted by Crippen LogP contribution is -3.15. The molecule has 1 aliphatic rings. The number of rotatable bonds is 6. The minimum absolute atomic E-state index is 0.328. The van der Waals surface area contributed by atoms with Gasteiger partial charge in [0.2, 0.25) is 0 Å². The highest BCUT2D eigenvalue weighted by molar-refractivity contribution is 5.63. The minimum atomic E-state index is -0.447. The Morgan fingerprint density at radius 1 is 0.957 bits per heavy atom. The molecule has 0 aliphatic carbocycles. The molecule has 1 aliphatic heterocycles. The number of benzene rings is 2. The molecule has 4 nitrogen and oxygen atoms in total. The van der Waals surface area contributed by atoms with E-state index in [-0.39, 0.29) is 0 Å². The summed E-state index contributed by atoms with van der Waals surface area (Å²) in [6.45, 7) is 4.53. The van der Waals surface area contributed by atoms with Crippen molar-refractivity contribution in [2.75, 3.05) is 39.5 Å². The first-order chi connectivity index (χ1) is 11.3. The molecule has 122 valence electrons. The summed E-state index contributed by atoms with van der Waals surface area (Å²) in [6.07, 6.45) is -0.447. The molecule has 0 bridgehead atoms. The standard InChI is InChI=1S/C19H23NO3/c21-18(14-20-10-12-22-13-11-20)15-23-19-8-6-17(7-9-19)16-4-2-1-3-5-16/h1-9,18,21H,10-15H2/p+1/t18-/m0/s1. The number of morpholine rings is 1. The highest BCUT2D eigenvalue weighted by Gasteiger charge is 2.18. The van der Waals surface area contributed by atoms with Crippen LogP contribution in [0.1, 0.15) is 0 Å². The summed E-state index contributed by atoms with van der Waals surface area (Å²) >= 11 is 0. The molecule has 0 saturated carbocycles. The summed E-state index contributed by atoms with van der Waals surface area (Å²) in [5, 5.41) is 10.1. The molecular weight excluding hydrogens is 290 g/mol. The van der Waals surface area contributed by atoms with Crippen LogP contribution in [-0.2, 0) is 4.74 Å². The van der Waals surface area contributed by atoms with Crippen molar-refractivity contribution in [2.24, 2.45) is 0 Å². The average molecular weight is 314 g/mol. The van der Waals surface area contributed by atoms with E-state index in [4.69, 9.17) is 9.47 Å². The molecule has 23 heavy (non-hydrogen) atoms. The van der Waals surface area contributed by atoms with Crippen LogP contribution in [0.4, 0.5) is 0 Å². The fraction of sp³-hybridized carbons (Fsp3) is 0.368. The molecule has 0 unspecified atom stereocenters. The maximum Gasteiger partial charge on any atom is 0.137 e. The van der Waals surface area contributed by atoms with Crippen molar-refractivity contribution in [3.05, 3.63) is 54.6 Å². The number of nitrogens with one attached hydrogen (secondary N) is 1. The Balaban J connectivity index is 1.48. The van der Waals surface area contributed by atoms with Crippen molar-refractivity contribution in [3.8, 4) is 16.9 Å². The highest BCUT2D eigenvalue weighted by atomic mass is 16.5. The molecule has 2 N–H and O–H groups in total. The monoisotopic (exact) mass is 314 g/mol. The molecule has 1 heterocycles. The van der Waals surface area contributed by atoms with Crippen LogP contribution in [0, 0.1) is 0 Å². The van der Waals surface area contributed by atoms with Crippen LogP contribution in [0.15, 0.2) is 54.6 Å².